The third-order valence-corrected chi connectivity index (χ3v) is 4.10. The molecule has 6 nitrogen and oxygen atoms in total. The van der Waals surface area contributed by atoms with E-state index in [9.17, 15) is 14.9 Å². The van der Waals surface area contributed by atoms with Gasteiger partial charge in [0.25, 0.3) is 5.69 Å². The molecule has 0 atom stereocenters. The molecule has 25 heavy (non-hydrogen) atoms. The molecule has 0 saturated carbocycles. The molecule has 0 aliphatic heterocycles. The van der Waals surface area contributed by atoms with Crippen molar-refractivity contribution in [1.29, 1.82) is 0 Å². The molecule has 7 heteroatoms. The zero-order valence-electron chi connectivity index (χ0n) is 13.2. The van der Waals surface area contributed by atoms with Crippen molar-refractivity contribution in [2.24, 2.45) is 0 Å². The number of hydrogen-bond donors (Lipinski definition) is 1. The van der Waals surface area contributed by atoms with Crippen molar-refractivity contribution in [2.45, 2.75) is 12.8 Å². The van der Waals surface area contributed by atoms with Crippen LogP contribution in [-0.2, 0) is 11.2 Å². The summed E-state index contributed by atoms with van der Waals surface area (Å²) in [6.07, 6.45) is 3.34. The van der Waals surface area contributed by atoms with Crippen LogP contribution in [-0.4, -0.2) is 22.5 Å². The Kier molecular flexibility index (Phi) is 5.00. The number of non-ortho nitro benzene ring substituents is 1. The first-order valence-corrected chi connectivity index (χ1v) is 8.09. The van der Waals surface area contributed by atoms with Crippen molar-refractivity contribution in [3.63, 3.8) is 0 Å². The summed E-state index contributed by atoms with van der Waals surface area (Å²) in [6, 6.07) is 11.0. The maximum absolute atomic E-state index is 11.9. The predicted octanol–water partition coefficient (Wildman–Crippen LogP) is 4.52. The fourth-order valence-corrected chi connectivity index (χ4v) is 2.76. The number of H-pyrrole nitrogens is 1. The second-order valence-corrected chi connectivity index (χ2v) is 5.98. The van der Waals surface area contributed by atoms with E-state index in [4.69, 9.17) is 16.3 Å². The SMILES string of the molecule is O=C(OCCCc1c[nH]c2ccc(Cl)cc12)c1ccc([N+](=O)[O-])cc1. The van der Waals surface area contributed by atoms with Gasteiger partial charge < -0.3 is 9.72 Å². The molecular weight excluding hydrogens is 344 g/mol. The molecule has 0 unspecified atom stereocenters. The van der Waals surface area contributed by atoms with Crippen molar-refractivity contribution in [3.05, 3.63) is 74.9 Å². The van der Waals surface area contributed by atoms with E-state index in [2.05, 4.69) is 4.98 Å². The lowest BCUT2D eigenvalue weighted by molar-refractivity contribution is -0.384. The molecule has 2 aromatic carbocycles. The van der Waals surface area contributed by atoms with Crippen LogP contribution in [0, 0.1) is 10.1 Å². The van der Waals surface area contributed by atoms with E-state index in [-0.39, 0.29) is 12.3 Å². The Morgan fingerprint density at radius 2 is 1.96 bits per heavy atom. The van der Waals surface area contributed by atoms with E-state index in [0.717, 1.165) is 22.9 Å². The van der Waals surface area contributed by atoms with Crippen LogP contribution in [0.15, 0.2) is 48.7 Å². The number of carbonyl (C=O) groups excluding carboxylic acids is 1. The fraction of sp³-hybridized carbons (Fsp3) is 0.167. The Morgan fingerprint density at radius 1 is 1.20 bits per heavy atom. The largest absolute Gasteiger partial charge is 0.462 e. The number of halogens is 1. The number of carbonyl (C=O) groups is 1. The minimum Gasteiger partial charge on any atom is -0.462 e. The fourth-order valence-electron chi connectivity index (χ4n) is 2.59. The molecule has 0 saturated heterocycles. The number of esters is 1. The lowest BCUT2D eigenvalue weighted by Gasteiger charge is -2.05. The Bertz CT molecular complexity index is 918. The highest BCUT2D eigenvalue weighted by Gasteiger charge is 2.11. The van der Waals surface area contributed by atoms with Crippen molar-refractivity contribution >= 4 is 34.2 Å². The number of fused-ring (bicyclic) bond motifs is 1. The molecule has 3 aromatic rings. The number of rotatable bonds is 6. The minimum absolute atomic E-state index is 0.0606. The summed E-state index contributed by atoms with van der Waals surface area (Å²) in [4.78, 5) is 25.2. The molecule has 0 fully saturated rings. The number of hydrogen-bond acceptors (Lipinski definition) is 4. The number of nitro groups is 1. The van der Waals surface area contributed by atoms with Gasteiger partial charge in [-0.3, -0.25) is 10.1 Å². The van der Waals surface area contributed by atoms with Crippen molar-refractivity contribution in [3.8, 4) is 0 Å². The number of benzene rings is 2. The van der Waals surface area contributed by atoms with E-state index in [1.54, 1.807) is 0 Å². The van der Waals surface area contributed by atoms with Gasteiger partial charge >= 0.3 is 5.97 Å². The molecule has 0 amide bonds. The third kappa shape index (κ3) is 3.97. The van der Waals surface area contributed by atoms with Gasteiger partial charge in [-0.05, 0) is 48.7 Å². The highest BCUT2D eigenvalue weighted by atomic mass is 35.5. The van der Waals surface area contributed by atoms with E-state index in [0.29, 0.717) is 17.0 Å². The van der Waals surface area contributed by atoms with E-state index >= 15 is 0 Å². The molecule has 1 N–H and O–H groups in total. The first kappa shape index (κ1) is 17.0. The number of nitrogens with zero attached hydrogens (tertiary/aromatic N) is 1. The lowest BCUT2D eigenvalue weighted by atomic mass is 10.1. The highest BCUT2D eigenvalue weighted by Crippen LogP contribution is 2.23. The highest BCUT2D eigenvalue weighted by molar-refractivity contribution is 6.31. The number of nitro benzene ring substituents is 1. The van der Waals surface area contributed by atoms with Gasteiger partial charge in [-0.15, -0.1) is 0 Å². The van der Waals surface area contributed by atoms with Gasteiger partial charge in [0.1, 0.15) is 0 Å². The molecule has 0 radical (unpaired) electrons. The predicted molar refractivity (Wildman–Crippen MR) is 95.0 cm³/mol. The van der Waals surface area contributed by atoms with Crippen molar-refractivity contribution < 1.29 is 14.5 Å². The van der Waals surface area contributed by atoms with Gasteiger partial charge in [0.2, 0.25) is 0 Å². The summed E-state index contributed by atoms with van der Waals surface area (Å²) in [5.74, 6) is -0.489. The van der Waals surface area contributed by atoms with Crippen LogP contribution in [0.25, 0.3) is 10.9 Å². The van der Waals surface area contributed by atoms with Crippen LogP contribution < -0.4 is 0 Å². The number of aromatic amines is 1. The van der Waals surface area contributed by atoms with Gasteiger partial charge in [0.05, 0.1) is 17.1 Å². The van der Waals surface area contributed by atoms with Crippen LogP contribution in [0.5, 0.6) is 0 Å². The molecular formula is C18H15ClN2O4. The van der Waals surface area contributed by atoms with E-state index in [1.807, 2.05) is 24.4 Å². The van der Waals surface area contributed by atoms with Crippen LogP contribution in [0.4, 0.5) is 5.69 Å². The van der Waals surface area contributed by atoms with Crippen LogP contribution in [0.1, 0.15) is 22.3 Å². The first-order chi connectivity index (χ1) is 12.0. The maximum Gasteiger partial charge on any atom is 0.338 e. The zero-order chi connectivity index (χ0) is 17.8. The Balaban J connectivity index is 1.53. The Hall–Kier alpha value is -2.86. The summed E-state index contributed by atoms with van der Waals surface area (Å²) in [5.41, 5.74) is 2.37. The smallest absolute Gasteiger partial charge is 0.338 e. The van der Waals surface area contributed by atoms with Gasteiger partial charge in [0.15, 0.2) is 0 Å². The van der Waals surface area contributed by atoms with Gasteiger partial charge in [-0.1, -0.05) is 11.6 Å². The summed E-state index contributed by atoms with van der Waals surface area (Å²) in [7, 11) is 0. The standard InChI is InChI=1S/C18H15ClN2O4/c19-14-5-8-17-16(10-14)13(11-20-17)2-1-9-25-18(22)12-3-6-15(7-4-12)21(23)24/h3-8,10-11,20H,1-2,9H2. The van der Waals surface area contributed by atoms with Gasteiger partial charge in [-0.25, -0.2) is 4.79 Å². The number of nitrogens with one attached hydrogen (secondary N) is 1. The number of aromatic nitrogens is 1. The van der Waals surface area contributed by atoms with E-state index < -0.39 is 10.9 Å². The average molecular weight is 359 g/mol. The number of ether oxygens (including phenoxy) is 1. The molecule has 0 bridgehead atoms. The summed E-state index contributed by atoms with van der Waals surface area (Å²) in [6.45, 7) is 0.267. The second-order valence-electron chi connectivity index (χ2n) is 5.55. The zero-order valence-corrected chi connectivity index (χ0v) is 14.0. The van der Waals surface area contributed by atoms with Gasteiger partial charge in [-0.2, -0.15) is 0 Å². The summed E-state index contributed by atoms with van der Waals surface area (Å²) in [5, 5.41) is 12.3. The van der Waals surface area contributed by atoms with Crippen LogP contribution in [0.3, 0.4) is 0 Å². The minimum atomic E-state index is -0.511. The van der Waals surface area contributed by atoms with Crippen LogP contribution >= 0.6 is 11.6 Å². The average Bonchev–Trinajstić information content (AvgIpc) is 3.00. The Labute approximate surface area is 148 Å². The second kappa shape index (κ2) is 7.36. The molecule has 1 aromatic heterocycles. The molecule has 1 heterocycles. The first-order valence-electron chi connectivity index (χ1n) is 7.71. The summed E-state index contributed by atoms with van der Waals surface area (Å²) < 4.78 is 5.22. The van der Waals surface area contributed by atoms with Gasteiger partial charge in [0, 0.05) is 34.3 Å². The maximum atomic E-state index is 11.9. The van der Waals surface area contributed by atoms with Crippen molar-refractivity contribution in [2.75, 3.05) is 6.61 Å². The molecule has 0 aliphatic rings. The van der Waals surface area contributed by atoms with E-state index in [1.165, 1.54) is 24.3 Å². The Morgan fingerprint density at radius 3 is 2.68 bits per heavy atom. The topological polar surface area (TPSA) is 85.2 Å². The number of aryl methyl sites for hydroxylation is 1. The van der Waals surface area contributed by atoms with Crippen molar-refractivity contribution in [1.82, 2.24) is 4.98 Å². The summed E-state index contributed by atoms with van der Waals surface area (Å²) >= 11 is 6.02. The quantitative estimate of drug-likeness (QED) is 0.304. The normalized spacial score (nSPS) is 10.8. The van der Waals surface area contributed by atoms with Crippen LogP contribution in [0.2, 0.25) is 5.02 Å². The monoisotopic (exact) mass is 358 g/mol. The lowest BCUT2D eigenvalue weighted by Crippen LogP contribution is -2.07. The molecule has 3 rings (SSSR count). The molecule has 0 aliphatic carbocycles. The third-order valence-electron chi connectivity index (χ3n) is 3.87. The molecule has 0 spiro atoms. The molecule has 128 valence electrons.